The Balaban J connectivity index is 1.54. The first-order valence-electron chi connectivity index (χ1n) is 16.5. The lowest BCUT2D eigenvalue weighted by Gasteiger charge is -2.50. The maximum atomic E-state index is 13.2. The van der Waals surface area contributed by atoms with E-state index in [4.69, 9.17) is 9.47 Å². The molecule has 244 valence electrons. The quantitative estimate of drug-likeness (QED) is 0.0792. The molecule has 0 aliphatic heterocycles. The third kappa shape index (κ3) is 6.02. The minimum Gasteiger partial charge on any atom is -0.465 e. The average molecular weight is 613 g/mol. The van der Waals surface area contributed by atoms with Crippen LogP contribution < -0.4 is 0 Å². The summed E-state index contributed by atoms with van der Waals surface area (Å²) in [6, 6.07) is 0. The van der Waals surface area contributed by atoms with Crippen LogP contribution in [0.3, 0.4) is 0 Å². The van der Waals surface area contributed by atoms with Gasteiger partial charge >= 0.3 is 11.9 Å². The van der Waals surface area contributed by atoms with Gasteiger partial charge in [-0.05, 0) is 43.3 Å². The van der Waals surface area contributed by atoms with Crippen LogP contribution in [0.25, 0.3) is 0 Å². The molecular weight excluding hydrogens is 560 g/mol. The molecule has 8 unspecified atom stereocenters. The summed E-state index contributed by atoms with van der Waals surface area (Å²) in [4.78, 5) is 38.3. The average Bonchev–Trinajstić information content (AvgIpc) is 3.42. The number of unbranched alkanes of at least 4 members (excludes halogenated alkanes) is 7. The number of ketones is 1. The van der Waals surface area contributed by atoms with Crippen LogP contribution in [-0.2, 0) is 23.9 Å². The summed E-state index contributed by atoms with van der Waals surface area (Å²) < 4.78 is 11.7. The summed E-state index contributed by atoms with van der Waals surface area (Å²) in [5.41, 5.74) is -4.51. The predicted molar refractivity (Wildman–Crippen MR) is 167 cm³/mol. The number of Topliss-reactive ketones (excluding diaryl/α,β-unsaturated/α-hetero) is 1. The molecule has 0 aromatic heterocycles. The van der Waals surface area contributed by atoms with Crippen molar-refractivity contribution in [3.8, 4) is 0 Å². The van der Waals surface area contributed by atoms with Gasteiger partial charge in [-0.1, -0.05) is 89.7 Å². The molecule has 0 aromatic rings. The Kier molecular flexibility index (Phi) is 10.5. The molecule has 44 heavy (non-hydrogen) atoms. The van der Waals surface area contributed by atoms with Crippen molar-refractivity contribution in [1.82, 2.24) is 0 Å². The fraction of sp³-hybridized carbons (Fsp3) is 0.694. The zero-order chi connectivity index (χ0) is 32.3. The monoisotopic (exact) mass is 612 g/mol. The van der Waals surface area contributed by atoms with Crippen LogP contribution in [0.15, 0.2) is 47.6 Å². The number of hydrogen-bond donors (Lipinski definition) is 3. The summed E-state index contributed by atoms with van der Waals surface area (Å²) in [6.07, 6.45) is 20.2. The van der Waals surface area contributed by atoms with Gasteiger partial charge < -0.3 is 24.8 Å². The molecule has 8 nitrogen and oxygen atoms in total. The van der Waals surface area contributed by atoms with E-state index in [0.29, 0.717) is 11.1 Å². The van der Waals surface area contributed by atoms with Gasteiger partial charge in [0.05, 0.1) is 12.2 Å². The maximum absolute atomic E-state index is 13.2. The van der Waals surface area contributed by atoms with Gasteiger partial charge in [-0.2, -0.15) is 0 Å². The third-order valence-electron chi connectivity index (χ3n) is 11.0. The second-order valence-electron chi connectivity index (χ2n) is 13.9. The number of aliphatic hydroxyl groups is 3. The zero-order valence-corrected chi connectivity index (χ0v) is 27.1. The van der Waals surface area contributed by atoms with Gasteiger partial charge in [0, 0.05) is 42.6 Å². The van der Waals surface area contributed by atoms with Gasteiger partial charge in [-0.15, -0.1) is 0 Å². The molecule has 0 aromatic carbocycles. The van der Waals surface area contributed by atoms with Gasteiger partial charge in [0.1, 0.15) is 17.8 Å². The molecule has 2 saturated carbocycles. The van der Waals surface area contributed by atoms with Crippen molar-refractivity contribution >= 4 is 17.7 Å². The van der Waals surface area contributed by atoms with Gasteiger partial charge in [0.2, 0.25) is 0 Å². The van der Waals surface area contributed by atoms with E-state index in [0.717, 1.165) is 12.8 Å². The van der Waals surface area contributed by atoms with Crippen molar-refractivity contribution in [2.45, 2.75) is 116 Å². The maximum Gasteiger partial charge on any atom is 0.331 e. The first-order valence-corrected chi connectivity index (χ1v) is 16.5. The molecule has 0 saturated heterocycles. The van der Waals surface area contributed by atoms with E-state index in [2.05, 4.69) is 6.92 Å². The molecule has 0 amide bonds. The number of carbonyl (C=O) groups excluding carboxylic acids is 3. The topological polar surface area (TPSA) is 130 Å². The lowest BCUT2D eigenvalue weighted by Crippen LogP contribution is -2.61. The predicted octanol–water partition coefficient (Wildman–Crippen LogP) is 5.31. The standard InChI is InChI=1S/C36H52O8/c1-6-7-8-9-10-11-12-13-14-15-16-17-30(39)44-35-20-25(3)36(42)28(31(35)33(35,5)23-43-26(4)38)19-27(22-37)21-34(41)29(36)18-24(2)32(34)40/h14-19,25,28-29,31,37,41-42H,6-13,20-23H2,1-5H3. The molecule has 4 rings (SSSR count). The van der Waals surface area contributed by atoms with Crippen molar-refractivity contribution < 1.29 is 39.2 Å². The number of rotatable bonds is 14. The Morgan fingerprint density at radius 3 is 2.41 bits per heavy atom. The summed E-state index contributed by atoms with van der Waals surface area (Å²) >= 11 is 0. The molecule has 4 aliphatic rings. The van der Waals surface area contributed by atoms with Gasteiger partial charge in [0.25, 0.3) is 0 Å². The van der Waals surface area contributed by atoms with Crippen molar-refractivity contribution in [3.63, 3.8) is 0 Å². The molecule has 0 radical (unpaired) electrons. The summed E-state index contributed by atoms with van der Waals surface area (Å²) in [5, 5.41) is 34.5. The second kappa shape index (κ2) is 13.4. The molecular formula is C36H52O8. The first-order chi connectivity index (χ1) is 20.8. The smallest absolute Gasteiger partial charge is 0.331 e. The summed E-state index contributed by atoms with van der Waals surface area (Å²) in [5.74, 6) is -4.01. The molecule has 0 heterocycles. The second-order valence-corrected chi connectivity index (χ2v) is 13.9. The number of esters is 2. The molecule has 0 bridgehead atoms. The SMILES string of the molecule is CCCCCCCCCC=CC=CC(=O)OC12CC(C)C3(O)C(C=C(CO)CC4(O)C(=O)C(C)=CC43)C1C2(C)COC(C)=O. The fourth-order valence-corrected chi connectivity index (χ4v) is 8.61. The Labute approximate surface area is 262 Å². The van der Waals surface area contributed by atoms with Gasteiger partial charge in [-0.3, -0.25) is 9.59 Å². The van der Waals surface area contributed by atoms with E-state index in [-0.39, 0.29) is 19.4 Å². The van der Waals surface area contributed by atoms with Gasteiger partial charge in [-0.25, -0.2) is 4.79 Å². The van der Waals surface area contributed by atoms with Crippen LogP contribution in [0, 0.1) is 29.1 Å². The highest BCUT2D eigenvalue weighted by molar-refractivity contribution is 6.04. The third-order valence-corrected chi connectivity index (χ3v) is 11.0. The number of allylic oxidation sites excluding steroid dienone is 3. The number of aliphatic hydroxyl groups excluding tert-OH is 1. The Morgan fingerprint density at radius 1 is 1.07 bits per heavy atom. The van der Waals surface area contributed by atoms with E-state index in [1.807, 2.05) is 26.0 Å². The highest BCUT2D eigenvalue weighted by atomic mass is 16.6. The van der Waals surface area contributed by atoms with E-state index < -0.39 is 70.2 Å². The lowest BCUT2D eigenvalue weighted by atomic mass is 9.60. The van der Waals surface area contributed by atoms with E-state index in [1.54, 1.807) is 25.2 Å². The minimum absolute atomic E-state index is 0.0212. The largest absolute Gasteiger partial charge is 0.465 e. The van der Waals surface area contributed by atoms with Crippen molar-refractivity contribution in [2.75, 3.05) is 13.2 Å². The highest BCUT2D eigenvalue weighted by Gasteiger charge is 2.85. The van der Waals surface area contributed by atoms with Crippen molar-refractivity contribution in [3.05, 3.63) is 47.6 Å². The number of ether oxygens (including phenoxy) is 2. The molecule has 3 N–H and O–H groups in total. The Bertz CT molecular complexity index is 1230. The van der Waals surface area contributed by atoms with Crippen molar-refractivity contribution in [1.29, 1.82) is 0 Å². The summed E-state index contributed by atoms with van der Waals surface area (Å²) in [7, 11) is 0. The highest BCUT2D eigenvalue weighted by Crippen LogP contribution is 2.76. The van der Waals surface area contributed by atoms with Gasteiger partial charge in [0.15, 0.2) is 5.78 Å². The van der Waals surface area contributed by atoms with Crippen LogP contribution in [0.4, 0.5) is 0 Å². The van der Waals surface area contributed by atoms with Crippen LogP contribution >= 0.6 is 0 Å². The number of hydrogen-bond acceptors (Lipinski definition) is 8. The lowest BCUT2D eigenvalue weighted by molar-refractivity contribution is -0.185. The molecule has 0 spiro atoms. The Morgan fingerprint density at radius 2 is 1.75 bits per heavy atom. The van der Waals surface area contributed by atoms with Crippen LogP contribution in [0.5, 0.6) is 0 Å². The molecule has 2 fully saturated rings. The van der Waals surface area contributed by atoms with E-state index >= 15 is 0 Å². The molecule has 8 heteroatoms. The van der Waals surface area contributed by atoms with Crippen molar-refractivity contribution in [2.24, 2.45) is 29.1 Å². The minimum atomic E-state index is -1.88. The Hall–Kier alpha value is -2.55. The summed E-state index contributed by atoms with van der Waals surface area (Å²) in [6.45, 7) is 8.49. The molecule has 8 atom stereocenters. The number of fused-ring (bicyclic) bond motifs is 5. The van der Waals surface area contributed by atoms with E-state index in [1.165, 1.54) is 51.5 Å². The normalized spacial score (nSPS) is 37.6. The molecule has 4 aliphatic carbocycles. The number of carbonyl (C=O) groups is 3. The van der Waals surface area contributed by atoms with E-state index in [9.17, 15) is 29.7 Å². The van der Waals surface area contributed by atoms with Crippen LogP contribution in [-0.4, -0.2) is 63.1 Å². The zero-order valence-electron chi connectivity index (χ0n) is 27.1. The first kappa shape index (κ1) is 34.3. The van der Waals surface area contributed by atoms with Crippen LogP contribution in [0.1, 0.15) is 98.8 Å². The fourth-order valence-electron chi connectivity index (χ4n) is 8.61. The van der Waals surface area contributed by atoms with Crippen LogP contribution in [0.2, 0.25) is 0 Å².